The van der Waals surface area contributed by atoms with Gasteiger partial charge in [0.2, 0.25) is 5.88 Å². The molecule has 4 rings (SSSR count). The SMILES string of the molecule is Cc1ccc(N2C(=O)/C(=C\c3cc(Br)c(N4CCOCC4)o3)C(=O)NC2=S)c(C)c1. The molecule has 1 aromatic carbocycles. The highest BCUT2D eigenvalue weighted by molar-refractivity contribution is 9.10. The molecule has 2 saturated heterocycles. The van der Waals surface area contributed by atoms with E-state index >= 15 is 0 Å². The van der Waals surface area contributed by atoms with Crippen LogP contribution in [0.5, 0.6) is 0 Å². The van der Waals surface area contributed by atoms with E-state index < -0.39 is 11.8 Å². The number of benzene rings is 1. The van der Waals surface area contributed by atoms with E-state index in [1.54, 1.807) is 6.07 Å². The Morgan fingerprint density at radius 3 is 2.60 bits per heavy atom. The van der Waals surface area contributed by atoms with Gasteiger partial charge in [0.15, 0.2) is 5.11 Å². The number of rotatable bonds is 3. The first kappa shape index (κ1) is 20.8. The summed E-state index contributed by atoms with van der Waals surface area (Å²) in [6.45, 7) is 6.52. The molecular formula is C21H20BrN3O4S. The molecule has 2 aromatic rings. The topological polar surface area (TPSA) is 75.0 Å². The van der Waals surface area contributed by atoms with Gasteiger partial charge in [0.05, 0.1) is 23.4 Å². The zero-order valence-corrected chi connectivity index (χ0v) is 18.9. The Kier molecular flexibility index (Phi) is 5.77. The minimum Gasteiger partial charge on any atom is -0.440 e. The van der Waals surface area contributed by atoms with Crippen LogP contribution in [0.25, 0.3) is 6.08 Å². The highest BCUT2D eigenvalue weighted by Gasteiger charge is 2.35. The van der Waals surface area contributed by atoms with Gasteiger partial charge in [-0.25, -0.2) is 0 Å². The fraction of sp³-hybridized carbons (Fsp3) is 0.286. The second-order valence-corrected chi connectivity index (χ2v) is 8.39. The van der Waals surface area contributed by atoms with E-state index in [-0.39, 0.29) is 10.7 Å². The van der Waals surface area contributed by atoms with Crippen molar-refractivity contribution in [3.05, 3.63) is 51.2 Å². The molecule has 9 heteroatoms. The van der Waals surface area contributed by atoms with Gasteiger partial charge >= 0.3 is 0 Å². The van der Waals surface area contributed by atoms with Crippen molar-refractivity contribution >= 4 is 62.7 Å². The van der Waals surface area contributed by atoms with E-state index in [9.17, 15) is 9.59 Å². The Labute approximate surface area is 187 Å². The Bertz CT molecular complexity index is 1070. The number of nitrogens with zero attached hydrogens (tertiary/aromatic N) is 2. The van der Waals surface area contributed by atoms with E-state index in [4.69, 9.17) is 21.4 Å². The van der Waals surface area contributed by atoms with Gasteiger partial charge < -0.3 is 14.1 Å². The van der Waals surface area contributed by atoms with Gasteiger partial charge in [0.25, 0.3) is 11.8 Å². The highest BCUT2D eigenvalue weighted by Crippen LogP contribution is 2.33. The summed E-state index contributed by atoms with van der Waals surface area (Å²) in [7, 11) is 0. The van der Waals surface area contributed by atoms with E-state index in [1.807, 2.05) is 32.0 Å². The van der Waals surface area contributed by atoms with Crippen LogP contribution in [0.3, 0.4) is 0 Å². The molecule has 0 radical (unpaired) electrons. The van der Waals surface area contributed by atoms with Crippen LogP contribution in [-0.4, -0.2) is 43.2 Å². The van der Waals surface area contributed by atoms with Crippen LogP contribution in [0.15, 0.2) is 38.7 Å². The number of carbonyl (C=O) groups excluding carboxylic acids is 2. The zero-order valence-electron chi connectivity index (χ0n) is 16.5. The van der Waals surface area contributed by atoms with Crippen molar-refractivity contribution in [1.82, 2.24) is 5.32 Å². The average Bonchev–Trinajstić information content (AvgIpc) is 3.07. The fourth-order valence-electron chi connectivity index (χ4n) is 3.50. The van der Waals surface area contributed by atoms with Crippen molar-refractivity contribution in [3.63, 3.8) is 0 Å². The molecule has 0 spiro atoms. The number of hydrogen-bond donors (Lipinski definition) is 1. The van der Waals surface area contributed by atoms with E-state index in [2.05, 4.69) is 26.1 Å². The van der Waals surface area contributed by atoms with Crippen molar-refractivity contribution in [1.29, 1.82) is 0 Å². The van der Waals surface area contributed by atoms with Gasteiger partial charge in [-0.05, 0) is 59.7 Å². The number of morpholine rings is 1. The standard InChI is InChI=1S/C21H20BrN3O4S/c1-12-3-4-17(13(2)9-12)25-19(27)15(18(26)23-21(25)30)10-14-11-16(22)20(29-14)24-5-7-28-8-6-24/h3-4,9-11H,5-8H2,1-2H3,(H,23,26,30)/b15-10-. The summed E-state index contributed by atoms with van der Waals surface area (Å²) >= 11 is 8.78. The lowest BCUT2D eigenvalue weighted by Gasteiger charge is -2.30. The Hall–Kier alpha value is -2.49. The Morgan fingerprint density at radius 2 is 1.90 bits per heavy atom. The maximum absolute atomic E-state index is 13.2. The van der Waals surface area contributed by atoms with Gasteiger partial charge in [-0.1, -0.05) is 17.7 Å². The number of halogens is 1. The number of ether oxygens (including phenoxy) is 1. The van der Waals surface area contributed by atoms with Crippen LogP contribution < -0.4 is 15.1 Å². The second kappa shape index (κ2) is 8.33. The van der Waals surface area contributed by atoms with Crippen molar-refractivity contribution in [3.8, 4) is 0 Å². The molecule has 2 aliphatic rings. The number of carbonyl (C=O) groups is 2. The number of amides is 2. The lowest BCUT2D eigenvalue weighted by Crippen LogP contribution is -2.54. The number of nitrogens with one attached hydrogen (secondary N) is 1. The first-order valence-corrected chi connectivity index (χ1v) is 10.7. The summed E-state index contributed by atoms with van der Waals surface area (Å²) in [5, 5.41) is 2.66. The normalized spacial score (nSPS) is 18.9. The summed E-state index contributed by atoms with van der Waals surface area (Å²) < 4.78 is 12.0. The van der Waals surface area contributed by atoms with Crippen LogP contribution >= 0.6 is 28.1 Å². The van der Waals surface area contributed by atoms with E-state index in [0.717, 1.165) is 15.6 Å². The number of thiocarbonyl (C=S) groups is 1. The Morgan fingerprint density at radius 1 is 1.17 bits per heavy atom. The molecule has 156 valence electrons. The maximum atomic E-state index is 13.2. The van der Waals surface area contributed by atoms with Gasteiger partial charge in [-0.3, -0.25) is 19.8 Å². The van der Waals surface area contributed by atoms with Gasteiger partial charge in [-0.2, -0.15) is 0 Å². The first-order chi connectivity index (χ1) is 14.3. The van der Waals surface area contributed by atoms with Crippen LogP contribution in [0.4, 0.5) is 11.6 Å². The molecule has 2 aliphatic heterocycles. The largest absolute Gasteiger partial charge is 0.440 e. The first-order valence-electron chi connectivity index (χ1n) is 9.46. The van der Waals surface area contributed by atoms with Gasteiger partial charge in [-0.15, -0.1) is 0 Å². The quantitative estimate of drug-likeness (QED) is 0.404. The maximum Gasteiger partial charge on any atom is 0.270 e. The molecule has 3 heterocycles. The smallest absolute Gasteiger partial charge is 0.270 e. The van der Waals surface area contributed by atoms with Crippen LogP contribution in [-0.2, 0) is 14.3 Å². The van der Waals surface area contributed by atoms with Crippen LogP contribution in [0.1, 0.15) is 16.9 Å². The number of aryl methyl sites for hydroxylation is 2. The number of hydrogen-bond acceptors (Lipinski definition) is 6. The molecule has 0 aliphatic carbocycles. The molecule has 2 amide bonds. The van der Waals surface area contributed by atoms with Crippen molar-refractivity contribution in [2.24, 2.45) is 0 Å². The van der Waals surface area contributed by atoms with Crippen molar-refractivity contribution in [2.45, 2.75) is 13.8 Å². The third kappa shape index (κ3) is 3.92. The minimum absolute atomic E-state index is 0.0432. The number of furan rings is 1. The summed E-state index contributed by atoms with van der Waals surface area (Å²) in [6, 6.07) is 7.43. The monoisotopic (exact) mass is 489 g/mol. The van der Waals surface area contributed by atoms with Crippen molar-refractivity contribution in [2.75, 3.05) is 36.1 Å². The molecule has 30 heavy (non-hydrogen) atoms. The molecule has 1 N–H and O–H groups in total. The molecule has 2 fully saturated rings. The average molecular weight is 490 g/mol. The molecule has 1 aromatic heterocycles. The molecule has 0 bridgehead atoms. The van der Waals surface area contributed by atoms with Gasteiger partial charge in [0, 0.05) is 19.2 Å². The molecule has 0 saturated carbocycles. The summed E-state index contributed by atoms with van der Waals surface area (Å²) in [4.78, 5) is 29.1. The molecule has 0 unspecified atom stereocenters. The van der Waals surface area contributed by atoms with Crippen LogP contribution in [0.2, 0.25) is 0 Å². The summed E-state index contributed by atoms with van der Waals surface area (Å²) in [6.07, 6.45) is 1.45. The third-order valence-corrected chi connectivity index (χ3v) is 5.82. The second-order valence-electron chi connectivity index (χ2n) is 7.15. The summed E-state index contributed by atoms with van der Waals surface area (Å²) in [5.41, 5.74) is 2.55. The molecule has 0 atom stereocenters. The molecule has 7 nitrogen and oxygen atoms in total. The predicted octanol–water partition coefficient (Wildman–Crippen LogP) is 3.33. The minimum atomic E-state index is -0.550. The Balaban J connectivity index is 1.68. The van der Waals surface area contributed by atoms with Crippen LogP contribution in [0, 0.1) is 13.8 Å². The third-order valence-electron chi connectivity index (χ3n) is 4.97. The van der Waals surface area contributed by atoms with Crippen molar-refractivity contribution < 1.29 is 18.7 Å². The number of anilines is 2. The molecular weight excluding hydrogens is 470 g/mol. The lowest BCUT2D eigenvalue weighted by molar-refractivity contribution is -0.122. The lowest BCUT2D eigenvalue weighted by atomic mass is 10.1. The van der Waals surface area contributed by atoms with E-state index in [1.165, 1.54) is 11.0 Å². The van der Waals surface area contributed by atoms with E-state index in [0.29, 0.717) is 43.6 Å². The summed E-state index contributed by atoms with van der Waals surface area (Å²) in [5.74, 6) is 0.00782. The van der Waals surface area contributed by atoms with Gasteiger partial charge in [0.1, 0.15) is 11.3 Å². The zero-order chi connectivity index (χ0) is 21.4. The predicted molar refractivity (Wildman–Crippen MR) is 122 cm³/mol. The fourth-order valence-corrected chi connectivity index (χ4v) is 4.34. The highest BCUT2D eigenvalue weighted by atomic mass is 79.9.